The number of rotatable bonds is 4. The summed E-state index contributed by atoms with van der Waals surface area (Å²) >= 11 is 0. The molecular formula is C19H21N5. The Kier molecular flexibility index (Phi) is 4.09. The molecule has 1 atom stereocenters. The van der Waals surface area contributed by atoms with E-state index in [0.29, 0.717) is 6.04 Å². The second kappa shape index (κ2) is 6.53. The maximum absolute atomic E-state index is 4.91. The average molecular weight is 319 g/mol. The molecule has 3 aromatic heterocycles. The molecule has 122 valence electrons. The van der Waals surface area contributed by atoms with Crippen molar-refractivity contribution in [3.05, 3.63) is 72.2 Å². The van der Waals surface area contributed by atoms with E-state index in [4.69, 9.17) is 4.98 Å². The zero-order valence-corrected chi connectivity index (χ0v) is 13.8. The number of imidazole rings is 1. The Morgan fingerprint density at radius 3 is 2.83 bits per heavy atom. The average Bonchev–Trinajstić information content (AvgIpc) is 3.25. The summed E-state index contributed by atoms with van der Waals surface area (Å²) < 4.78 is 2.03. The number of hydrogen-bond acceptors (Lipinski definition) is 4. The third-order valence-electron chi connectivity index (χ3n) is 4.62. The molecule has 24 heavy (non-hydrogen) atoms. The summed E-state index contributed by atoms with van der Waals surface area (Å²) in [6.45, 7) is 3.97. The van der Waals surface area contributed by atoms with Crippen molar-refractivity contribution in [3.63, 3.8) is 0 Å². The number of aryl methyl sites for hydroxylation is 1. The van der Waals surface area contributed by atoms with Gasteiger partial charge in [0, 0.05) is 25.1 Å². The normalized spacial score (nSPS) is 18.1. The highest BCUT2D eigenvalue weighted by molar-refractivity contribution is 5.28. The van der Waals surface area contributed by atoms with Gasteiger partial charge >= 0.3 is 0 Å². The summed E-state index contributed by atoms with van der Waals surface area (Å²) in [5.41, 5.74) is 2.25. The van der Waals surface area contributed by atoms with Crippen molar-refractivity contribution in [2.24, 2.45) is 0 Å². The lowest BCUT2D eigenvalue weighted by atomic mass is 10.1. The highest BCUT2D eigenvalue weighted by Gasteiger charge is 2.27. The Morgan fingerprint density at radius 2 is 2.04 bits per heavy atom. The van der Waals surface area contributed by atoms with E-state index < -0.39 is 0 Å². The number of likely N-dealkylation sites (tertiary alicyclic amines) is 1. The predicted molar refractivity (Wildman–Crippen MR) is 92.7 cm³/mol. The fourth-order valence-corrected chi connectivity index (χ4v) is 3.43. The Balaban J connectivity index is 1.59. The summed E-state index contributed by atoms with van der Waals surface area (Å²) in [5.74, 6) is 1.89. The van der Waals surface area contributed by atoms with E-state index in [1.54, 1.807) is 0 Å². The molecule has 4 heterocycles. The summed E-state index contributed by atoms with van der Waals surface area (Å²) in [6, 6.07) is 12.7. The minimum absolute atomic E-state index is 0.357. The molecule has 0 unspecified atom stereocenters. The second-order valence-electron chi connectivity index (χ2n) is 6.21. The Bertz CT molecular complexity index is 811. The van der Waals surface area contributed by atoms with E-state index in [0.717, 1.165) is 42.5 Å². The molecule has 1 saturated heterocycles. The van der Waals surface area contributed by atoms with Crippen molar-refractivity contribution < 1.29 is 0 Å². The van der Waals surface area contributed by atoms with Gasteiger partial charge in [-0.1, -0.05) is 12.1 Å². The van der Waals surface area contributed by atoms with Crippen molar-refractivity contribution in [2.45, 2.75) is 32.4 Å². The Morgan fingerprint density at radius 1 is 1.08 bits per heavy atom. The Labute approximate surface area is 142 Å². The number of nitrogens with zero attached hydrogens (tertiary/aromatic N) is 5. The fourth-order valence-electron chi connectivity index (χ4n) is 3.43. The maximum atomic E-state index is 4.91. The van der Waals surface area contributed by atoms with Crippen LogP contribution in [0, 0.1) is 6.92 Å². The predicted octanol–water partition coefficient (Wildman–Crippen LogP) is 3.31. The molecular weight excluding hydrogens is 298 g/mol. The molecule has 4 rings (SSSR count). The molecule has 5 heteroatoms. The lowest BCUT2D eigenvalue weighted by Gasteiger charge is -2.24. The largest absolute Gasteiger partial charge is 0.289 e. The molecule has 3 aromatic rings. The van der Waals surface area contributed by atoms with Crippen LogP contribution in [0.1, 0.15) is 36.1 Å². The first-order chi connectivity index (χ1) is 11.8. The van der Waals surface area contributed by atoms with E-state index in [-0.39, 0.29) is 0 Å². The van der Waals surface area contributed by atoms with Gasteiger partial charge in [0.2, 0.25) is 0 Å². The molecule has 0 radical (unpaired) electrons. The van der Waals surface area contributed by atoms with Crippen LogP contribution in [0.2, 0.25) is 0 Å². The first-order valence-corrected chi connectivity index (χ1v) is 8.42. The second-order valence-corrected chi connectivity index (χ2v) is 6.21. The molecule has 0 amide bonds. The molecule has 1 aliphatic rings. The minimum atomic E-state index is 0.357. The SMILES string of the molecule is Cc1nccn1-c1cccc([C@H]2CCCN2Cc2ccccn2)n1. The number of hydrogen-bond donors (Lipinski definition) is 0. The lowest BCUT2D eigenvalue weighted by Crippen LogP contribution is -2.24. The van der Waals surface area contributed by atoms with Crippen LogP contribution in [-0.2, 0) is 6.54 Å². The van der Waals surface area contributed by atoms with Crippen molar-refractivity contribution in [1.29, 1.82) is 0 Å². The van der Waals surface area contributed by atoms with E-state index in [9.17, 15) is 0 Å². The molecule has 0 N–H and O–H groups in total. The molecule has 0 saturated carbocycles. The van der Waals surface area contributed by atoms with E-state index in [1.807, 2.05) is 48.3 Å². The van der Waals surface area contributed by atoms with Crippen molar-refractivity contribution >= 4 is 0 Å². The third-order valence-corrected chi connectivity index (χ3v) is 4.62. The van der Waals surface area contributed by atoms with Gasteiger partial charge in [0.15, 0.2) is 0 Å². The van der Waals surface area contributed by atoms with Crippen LogP contribution in [0.5, 0.6) is 0 Å². The molecule has 1 fully saturated rings. The summed E-state index contributed by atoms with van der Waals surface area (Å²) in [6.07, 6.45) is 7.98. The van der Waals surface area contributed by atoms with Crippen molar-refractivity contribution in [1.82, 2.24) is 24.4 Å². The Hall–Kier alpha value is -2.53. The van der Waals surface area contributed by atoms with Crippen molar-refractivity contribution in [2.75, 3.05) is 6.54 Å². The summed E-state index contributed by atoms with van der Waals surface area (Å²) in [4.78, 5) is 16.2. The van der Waals surface area contributed by atoms with E-state index >= 15 is 0 Å². The van der Waals surface area contributed by atoms with Gasteiger partial charge in [-0.3, -0.25) is 14.5 Å². The topological polar surface area (TPSA) is 46.8 Å². The first-order valence-electron chi connectivity index (χ1n) is 8.42. The monoisotopic (exact) mass is 319 g/mol. The van der Waals surface area contributed by atoms with Gasteiger partial charge in [0.1, 0.15) is 11.6 Å². The first kappa shape index (κ1) is 15.0. The zero-order valence-electron chi connectivity index (χ0n) is 13.8. The minimum Gasteiger partial charge on any atom is -0.289 e. The molecule has 1 aliphatic heterocycles. The van der Waals surface area contributed by atoms with Crippen LogP contribution >= 0.6 is 0 Å². The van der Waals surface area contributed by atoms with Crippen LogP contribution < -0.4 is 0 Å². The van der Waals surface area contributed by atoms with Gasteiger partial charge in [-0.2, -0.15) is 0 Å². The summed E-state index contributed by atoms with van der Waals surface area (Å²) in [7, 11) is 0. The highest BCUT2D eigenvalue weighted by Crippen LogP contribution is 2.32. The molecule has 0 bridgehead atoms. The van der Waals surface area contributed by atoms with Gasteiger partial charge in [-0.05, 0) is 50.6 Å². The van der Waals surface area contributed by atoms with Crippen LogP contribution in [0.15, 0.2) is 55.0 Å². The van der Waals surface area contributed by atoms with Crippen molar-refractivity contribution in [3.8, 4) is 5.82 Å². The van der Waals surface area contributed by atoms with E-state index in [1.165, 1.54) is 6.42 Å². The van der Waals surface area contributed by atoms with Gasteiger partial charge < -0.3 is 0 Å². The van der Waals surface area contributed by atoms with E-state index in [2.05, 4.69) is 33.1 Å². The standard InChI is InChI=1S/C19H21N5/c1-15-20-11-13-24(15)19-9-4-7-17(22-19)18-8-5-12-23(18)14-16-6-2-3-10-21-16/h2-4,6-7,9-11,13,18H,5,8,12,14H2,1H3/t18-/m1/s1. The van der Waals surface area contributed by atoms with Crippen LogP contribution in [0.3, 0.4) is 0 Å². The van der Waals surface area contributed by atoms with Crippen LogP contribution in [0.4, 0.5) is 0 Å². The summed E-state index contributed by atoms with van der Waals surface area (Å²) in [5, 5.41) is 0. The molecule has 0 spiro atoms. The number of pyridine rings is 2. The van der Waals surface area contributed by atoms with Crippen LogP contribution in [-0.4, -0.2) is 31.0 Å². The van der Waals surface area contributed by atoms with Gasteiger partial charge in [-0.25, -0.2) is 9.97 Å². The number of aromatic nitrogens is 4. The smallest absolute Gasteiger partial charge is 0.138 e. The van der Waals surface area contributed by atoms with Crippen LogP contribution in [0.25, 0.3) is 5.82 Å². The zero-order chi connectivity index (χ0) is 16.4. The fraction of sp³-hybridized carbons (Fsp3) is 0.316. The molecule has 0 aliphatic carbocycles. The molecule has 5 nitrogen and oxygen atoms in total. The third kappa shape index (κ3) is 2.95. The quantitative estimate of drug-likeness (QED) is 0.740. The molecule has 0 aromatic carbocycles. The van der Waals surface area contributed by atoms with Gasteiger partial charge in [0.25, 0.3) is 0 Å². The van der Waals surface area contributed by atoms with Gasteiger partial charge in [-0.15, -0.1) is 0 Å². The maximum Gasteiger partial charge on any atom is 0.138 e. The highest BCUT2D eigenvalue weighted by atomic mass is 15.2. The lowest BCUT2D eigenvalue weighted by molar-refractivity contribution is 0.241. The van der Waals surface area contributed by atoms with Gasteiger partial charge in [0.05, 0.1) is 17.4 Å².